The lowest BCUT2D eigenvalue weighted by molar-refractivity contribution is -0.384. The summed E-state index contributed by atoms with van der Waals surface area (Å²) in [6.07, 6.45) is -0.519. The molecule has 0 saturated heterocycles. The second kappa shape index (κ2) is 6.66. The zero-order valence-electron chi connectivity index (χ0n) is 10.8. The molecule has 0 bridgehead atoms. The summed E-state index contributed by atoms with van der Waals surface area (Å²) in [5.41, 5.74) is 1.60. The first kappa shape index (κ1) is 14.7. The SMILES string of the molecule is O=C(O)Nc1nc(CCNc2ccc([N+](=O)[O-])cc2)cs1. The summed E-state index contributed by atoms with van der Waals surface area (Å²) in [6.45, 7) is 0.591. The van der Waals surface area contributed by atoms with Gasteiger partial charge in [-0.15, -0.1) is 11.3 Å². The average molecular weight is 308 g/mol. The van der Waals surface area contributed by atoms with Crippen molar-refractivity contribution < 1.29 is 14.8 Å². The van der Waals surface area contributed by atoms with E-state index in [1.807, 2.05) is 0 Å². The van der Waals surface area contributed by atoms with Gasteiger partial charge < -0.3 is 10.4 Å². The minimum atomic E-state index is -1.14. The van der Waals surface area contributed by atoms with Crippen LogP contribution in [0.4, 0.5) is 21.3 Å². The summed E-state index contributed by atoms with van der Waals surface area (Å²) in [4.78, 5) is 24.6. The van der Waals surface area contributed by atoms with Crippen LogP contribution >= 0.6 is 11.3 Å². The predicted octanol–water partition coefficient (Wildman–Crippen LogP) is 2.80. The van der Waals surface area contributed by atoms with Crippen LogP contribution in [0.3, 0.4) is 0 Å². The van der Waals surface area contributed by atoms with Crippen molar-refractivity contribution >= 4 is 33.9 Å². The summed E-state index contributed by atoms with van der Waals surface area (Å²) in [6, 6.07) is 6.13. The average Bonchev–Trinajstić information content (AvgIpc) is 2.86. The van der Waals surface area contributed by atoms with Crippen LogP contribution in [0.15, 0.2) is 29.6 Å². The largest absolute Gasteiger partial charge is 0.465 e. The van der Waals surface area contributed by atoms with Crippen LogP contribution in [-0.4, -0.2) is 27.7 Å². The second-order valence-corrected chi connectivity index (χ2v) is 4.91. The fraction of sp³-hybridized carbons (Fsp3) is 0.167. The van der Waals surface area contributed by atoms with Gasteiger partial charge in [-0.1, -0.05) is 0 Å². The Labute approximate surface area is 123 Å². The maximum Gasteiger partial charge on any atom is 0.410 e. The predicted molar refractivity (Wildman–Crippen MR) is 79.1 cm³/mol. The molecular weight excluding hydrogens is 296 g/mol. The quantitative estimate of drug-likeness (QED) is 0.558. The Morgan fingerprint density at radius 3 is 2.71 bits per heavy atom. The van der Waals surface area contributed by atoms with Crippen LogP contribution in [0.1, 0.15) is 5.69 Å². The van der Waals surface area contributed by atoms with Crippen LogP contribution < -0.4 is 10.6 Å². The first-order chi connectivity index (χ1) is 10.0. The lowest BCUT2D eigenvalue weighted by Crippen LogP contribution is -2.08. The standard InChI is InChI=1S/C12H12N4O4S/c17-12(18)15-11-14-9(7-21-11)5-6-13-8-1-3-10(4-2-8)16(19)20/h1-4,7,13H,5-6H2,(H,14,15)(H,17,18). The molecule has 110 valence electrons. The number of nitro groups is 1. The molecule has 9 heteroatoms. The molecule has 21 heavy (non-hydrogen) atoms. The van der Waals surface area contributed by atoms with Gasteiger partial charge in [0, 0.05) is 36.2 Å². The molecule has 0 aliphatic rings. The van der Waals surface area contributed by atoms with Gasteiger partial charge in [0.2, 0.25) is 0 Å². The van der Waals surface area contributed by atoms with Gasteiger partial charge >= 0.3 is 6.09 Å². The Bertz CT molecular complexity index is 641. The van der Waals surface area contributed by atoms with Gasteiger partial charge in [0.15, 0.2) is 5.13 Å². The Morgan fingerprint density at radius 1 is 1.38 bits per heavy atom. The highest BCUT2D eigenvalue weighted by atomic mass is 32.1. The van der Waals surface area contributed by atoms with Gasteiger partial charge in [-0.2, -0.15) is 0 Å². The Balaban J connectivity index is 1.82. The molecule has 0 unspecified atom stereocenters. The molecule has 0 atom stereocenters. The molecule has 0 spiro atoms. The Morgan fingerprint density at radius 2 is 2.10 bits per heavy atom. The zero-order valence-corrected chi connectivity index (χ0v) is 11.6. The van der Waals surface area contributed by atoms with Crippen molar-refractivity contribution in [1.82, 2.24) is 4.98 Å². The number of non-ortho nitro benzene ring substituents is 1. The molecule has 3 N–H and O–H groups in total. The topological polar surface area (TPSA) is 117 Å². The molecule has 0 fully saturated rings. The van der Waals surface area contributed by atoms with E-state index >= 15 is 0 Å². The number of anilines is 2. The number of hydrogen-bond donors (Lipinski definition) is 3. The van der Waals surface area contributed by atoms with E-state index in [9.17, 15) is 14.9 Å². The maximum atomic E-state index is 10.5. The van der Waals surface area contributed by atoms with Crippen molar-refractivity contribution in [2.75, 3.05) is 17.2 Å². The van der Waals surface area contributed by atoms with Gasteiger partial charge in [0.1, 0.15) is 0 Å². The van der Waals surface area contributed by atoms with Crippen molar-refractivity contribution in [3.8, 4) is 0 Å². The Hall–Kier alpha value is -2.68. The molecule has 1 heterocycles. The summed E-state index contributed by atoms with van der Waals surface area (Å²) in [5.74, 6) is 0. The van der Waals surface area contributed by atoms with Crippen molar-refractivity contribution in [2.24, 2.45) is 0 Å². The van der Waals surface area contributed by atoms with E-state index in [0.717, 1.165) is 11.4 Å². The third-order valence-electron chi connectivity index (χ3n) is 2.55. The van der Waals surface area contributed by atoms with Crippen LogP contribution in [0.2, 0.25) is 0 Å². The molecule has 0 aliphatic carbocycles. The number of carboxylic acid groups (broad SMARTS) is 1. The molecule has 0 saturated carbocycles. The molecule has 0 aliphatic heterocycles. The van der Waals surface area contributed by atoms with E-state index in [-0.39, 0.29) is 5.69 Å². The number of amides is 1. The first-order valence-corrected chi connectivity index (χ1v) is 6.85. The number of aromatic nitrogens is 1. The second-order valence-electron chi connectivity index (χ2n) is 4.05. The smallest absolute Gasteiger partial charge is 0.410 e. The van der Waals surface area contributed by atoms with Gasteiger partial charge in [-0.25, -0.2) is 9.78 Å². The molecule has 1 amide bonds. The third-order valence-corrected chi connectivity index (χ3v) is 3.36. The van der Waals surface area contributed by atoms with Crippen LogP contribution in [0.25, 0.3) is 0 Å². The molecule has 8 nitrogen and oxygen atoms in total. The summed E-state index contributed by atoms with van der Waals surface area (Å²) in [7, 11) is 0. The normalized spacial score (nSPS) is 10.1. The maximum absolute atomic E-state index is 10.5. The monoisotopic (exact) mass is 308 g/mol. The van der Waals surface area contributed by atoms with E-state index in [1.54, 1.807) is 17.5 Å². The lowest BCUT2D eigenvalue weighted by atomic mass is 10.2. The summed E-state index contributed by atoms with van der Waals surface area (Å²) < 4.78 is 0. The molecule has 2 rings (SSSR count). The number of nitrogens with zero attached hydrogens (tertiary/aromatic N) is 2. The third kappa shape index (κ3) is 4.42. The molecule has 2 aromatic rings. The fourth-order valence-electron chi connectivity index (χ4n) is 1.61. The highest BCUT2D eigenvalue weighted by molar-refractivity contribution is 7.13. The minimum Gasteiger partial charge on any atom is -0.465 e. The molecular formula is C12H12N4O4S. The van der Waals surface area contributed by atoms with Crippen molar-refractivity contribution in [3.05, 3.63) is 45.5 Å². The molecule has 1 aromatic heterocycles. The lowest BCUT2D eigenvalue weighted by Gasteiger charge is -2.04. The van der Waals surface area contributed by atoms with Crippen LogP contribution in [0, 0.1) is 10.1 Å². The van der Waals surface area contributed by atoms with Crippen molar-refractivity contribution in [3.63, 3.8) is 0 Å². The number of rotatable bonds is 6. The first-order valence-electron chi connectivity index (χ1n) is 5.97. The van der Waals surface area contributed by atoms with Gasteiger partial charge in [0.25, 0.3) is 5.69 Å². The van der Waals surface area contributed by atoms with Crippen molar-refractivity contribution in [2.45, 2.75) is 6.42 Å². The number of carbonyl (C=O) groups is 1. The highest BCUT2D eigenvalue weighted by Gasteiger charge is 2.05. The highest BCUT2D eigenvalue weighted by Crippen LogP contribution is 2.17. The van der Waals surface area contributed by atoms with Crippen molar-refractivity contribution in [1.29, 1.82) is 0 Å². The van der Waals surface area contributed by atoms with Gasteiger partial charge in [0.05, 0.1) is 10.6 Å². The Kier molecular flexibility index (Phi) is 4.67. The van der Waals surface area contributed by atoms with E-state index in [1.165, 1.54) is 23.5 Å². The van der Waals surface area contributed by atoms with Crippen LogP contribution in [-0.2, 0) is 6.42 Å². The molecule has 1 aromatic carbocycles. The van der Waals surface area contributed by atoms with E-state index in [4.69, 9.17) is 5.11 Å². The number of thiazole rings is 1. The van der Waals surface area contributed by atoms with Crippen LogP contribution in [0.5, 0.6) is 0 Å². The van der Waals surface area contributed by atoms with E-state index in [2.05, 4.69) is 15.6 Å². The number of hydrogen-bond acceptors (Lipinski definition) is 6. The van der Waals surface area contributed by atoms with E-state index in [0.29, 0.717) is 18.1 Å². The number of benzene rings is 1. The zero-order chi connectivity index (χ0) is 15.2. The summed E-state index contributed by atoms with van der Waals surface area (Å²) >= 11 is 1.22. The molecule has 0 radical (unpaired) electrons. The number of nitrogens with one attached hydrogen (secondary N) is 2. The fourth-order valence-corrected chi connectivity index (χ4v) is 2.34. The summed E-state index contributed by atoms with van der Waals surface area (Å²) in [5, 5.41) is 26.5. The van der Waals surface area contributed by atoms with Gasteiger partial charge in [-0.3, -0.25) is 15.4 Å². The number of nitro benzene ring substituents is 1. The minimum absolute atomic E-state index is 0.0458. The van der Waals surface area contributed by atoms with E-state index < -0.39 is 11.0 Å². The van der Waals surface area contributed by atoms with Gasteiger partial charge in [-0.05, 0) is 12.1 Å².